The quantitative estimate of drug-likeness (QED) is 0.374. The van der Waals surface area contributed by atoms with Gasteiger partial charge < -0.3 is 10.2 Å². The molecule has 0 saturated heterocycles. The van der Waals surface area contributed by atoms with Crippen LogP contribution >= 0.6 is 11.6 Å². The molecular formula is C28H28ClN3O3. The van der Waals surface area contributed by atoms with Crippen molar-refractivity contribution in [2.45, 2.75) is 51.1 Å². The smallest absolute Gasteiger partial charge is 0.272 e. The Bertz CT molecular complexity index is 1340. The molecule has 1 aliphatic carbocycles. The van der Waals surface area contributed by atoms with Gasteiger partial charge in [0.15, 0.2) is 5.54 Å². The Balaban J connectivity index is 1.53. The van der Waals surface area contributed by atoms with Crippen molar-refractivity contribution in [1.29, 1.82) is 0 Å². The minimum atomic E-state index is -1.68. The normalized spacial score (nSPS) is 20.1. The van der Waals surface area contributed by atoms with Gasteiger partial charge in [-0.05, 0) is 68.9 Å². The molecule has 3 aromatic rings. The zero-order valence-electron chi connectivity index (χ0n) is 19.7. The molecule has 2 aromatic carbocycles. The summed E-state index contributed by atoms with van der Waals surface area (Å²) in [7, 11) is 0. The van der Waals surface area contributed by atoms with Crippen molar-refractivity contribution in [3.8, 4) is 0 Å². The van der Waals surface area contributed by atoms with Crippen molar-refractivity contribution in [2.75, 3.05) is 6.54 Å². The molecule has 0 radical (unpaired) electrons. The van der Waals surface area contributed by atoms with Crippen LogP contribution in [-0.2, 0) is 11.3 Å². The van der Waals surface area contributed by atoms with Crippen LogP contribution in [0.4, 0.5) is 0 Å². The van der Waals surface area contributed by atoms with Gasteiger partial charge in [0.2, 0.25) is 0 Å². The van der Waals surface area contributed by atoms with E-state index in [2.05, 4.69) is 11.4 Å². The molecule has 1 atom stereocenters. The molecule has 1 aliphatic heterocycles. The predicted molar refractivity (Wildman–Crippen MR) is 136 cm³/mol. The molecule has 0 fully saturated rings. The van der Waals surface area contributed by atoms with E-state index in [0.717, 1.165) is 24.8 Å². The van der Waals surface area contributed by atoms with Gasteiger partial charge in [-0.3, -0.25) is 19.0 Å². The van der Waals surface area contributed by atoms with E-state index >= 15 is 0 Å². The van der Waals surface area contributed by atoms with Gasteiger partial charge >= 0.3 is 0 Å². The number of benzene rings is 2. The first kappa shape index (κ1) is 23.4. The number of nitrogens with one attached hydrogen (secondary N) is 1. The van der Waals surface area contributed by atoms with Crippen LogP contribution in [0.2, 0.25) is 5.02 Å². The third kappa shape index (κ3) is 4.16. The van der Waals surface area contributed by atoms with Gasteiger partial charge in [0.1, 0.15) is 5.69 Å². The standard InChI is InChI=1S/C28H28ClN3O3/c1-28(26(34)30-18-20-10-6-3-7-11-20)27(35)32-23-13-12-22(29)16-21(23)17-24(32)25(33)31(28)15-14-19-8-4-2-5-9-19/h3,6-8,10-13,16-17H,2,4-5,9,14-15,18H2,1H3,(H,30,34). The number of carbonyl (C=O) groups is 3. The SMILES string of the molecule is CC1(C(=O)NCc2ccccc2)C(=O)n2c(cc3cc(Cl)ccc32)C(=O)N1CCC1=CCCCC1. The molecule has 0 bridgehead atoms. The number of rotatable bonds is 6. The summed E-state index contributed by atoms with van der Waals surface area (Å²) in [6.45, 7) is 2.13. The topological polar surface area (TPSA) is 71.4 Å². The van der Waals surface area contributed by atoms with Crippen molar-refractivity contribution >= 4 is 40.2 Å². The number of allylic oxidation sites excluding steroid dienone is 1. The van der Waals surface area contributed by atoms with Crippen LogP contribution < -0.4 is 5.32 Å². The largest absolute Gasteiger partial charge is 0.350 e. The summed E-state index contributed by atoms with van der Waals surface area (Å²) in [5, 5.41) is 4.12. The fourth-order valence-electron chi connectivity index (χ4n) is 5.12. The molecule has 1 N–H and O–H groups in total. The van der Waals surface area contributed by atoms with Crippen LogP contribution in [0.5, 0.6) is 0 Å². The Labute approximate surface area is 209 Å². The maximum atomic E-state index is 14.0. The van der Waals surface area contributed by atoms with Crippen LogP contribution in [0.3, 0.4) is 0 Å². The highest BCUT2D eigenvalue weighted by molar-refractivity contribution is 6.31. The summed E-state index contributed by atoms with van der Waals surface area (Å²) in [6, 6.07) is 16.3. The molecule has 5 rings (SSSR count). The number of fused-ring (bicyclic) bond motifs is 3. The van der Waals surface area contributed by atoms with Crippen LogP contribution in [0.25, 0.3) is 10.9 Å². The Hall–Kier alpha value is -3.38. The van der Waals surface area contributed by atoms with E-state index in [1.54, 1.807) is 31.2 Å². The van der Waals surface area contributed by atoms with Crippen molar-refractivity contribution in [3.05, 3.63) is 82.5 Å². The fraction of sp³-hybridized carbons (Fsp3) is 0.321. The first-order valence-corrected chi connectivity index (χ1v) is 12.5. The van der Waals surface area contributed by atoms with E-state index < -0.39 is 17.4 Å². The monoisotopic (exact) mass is 489 g/mol. The first-order chi connectivity index (χ1) is 16.9. The minimum absolute atomic E-state index is 0.262. The average Bonchev–Trinajstić information content (AvgIpc) is 3.26. The summed E-state index contributed by atoms with van der Waals surface area (Å²) in [6.07, 6.45) is 7.20. The van der Waals surface area contributed by atoms with E-state index in [1.165, 1.54) is 21.5 Å². The lowest BCUT2D eigenvalue weighted by Crippen LogP contribution is -2.67. The number of amides is 2. The number of nitrogens with zero attached hydrogens (tertiary/aromatic N) is 2. The van der Waals surface area contributed by atoms with Crippen molar-refractivity contribution in [3.63, 3.8) is 0 Å². The van der Waals surface area contributed by atoms with Gasteiger partial charge in [-0.1, -0.05) is 53.6 Å². The molecule has 0 spiro atoms. The highest BCUT2D eigenvalue weighted by atomic mass is 35.5. The molecule has 2 heterocycles. The van der Waals surface area contributed by atoms with E-state index in [0.29, 0.717) is 28.9 Å². The van der Waals surface area contributed by atoms with Crippen molar-refractivity contribution in [1.82, 2.24) is 14.8 Å². The Morgan fingerprint density at radius 3 is 2.63 bits per heavy atom. The summed E-state index contributed by atoms with van der Waals surface area (Å²) in [5.74, 6) is -1.25. The number of hydrogen-bond acceptors (Lipinski definition) is 3. The highest BCUT2D eigenvalue weighted by Crippen LogP contribution is 2.34. The molecule has 1 aromatic heterocycles. The van der Waals surface area contributed by atoms with Crippen molar-refractivity contribution in [2.24, 2.45) is 0 Å². The van der Waals surface area contributed by atoms with Crippen LogP contribution in [0.15, 0.2) is 66.2 Å². The second-order valence-electron chi connectivity index (χ2n) is 9.43. The molecule has 2 aliphatic rings. The van der Waals surface area contributed by atoms with Gasteiger partial charge in [-0.25, -0.2) is 0 Å². The number of halogens is 1. The molecule has 6 nitrogen and oxygen atoms in total. The highest BCUT2D eigenvalue weighted by Gasteiger charge is 2.54. The lowest BCUT2D eigenvalue weighted by molar-refractivity contribution is -0.129. The maximum Gasteiger partial charge on any atom is 0.272 e. The lowest BCUT2D eigenvalue weighted by Gasteiger charge is -2.42. The van der Waals surface area contributed by atoms with Gasteiger partial charge in [-0.15, -0.1) is 0 Å². The molecule has 7 heteroatoms. The number of hydrogen-bond donors (Lipinski definition) is 1. The summed E-state index contributed by atoms with van der Waals surface area (Å²) in [5.41, 5.74) is 1.35. The van der Waals surface area contributed by atoms with Gasteiger partial charge in [0.05, 0.1) is 5.52 Å². The summed E-state index contributed by atoms with van der Waals surface area (Å²) >= 11 is 6.17. The molecule has 1 unspecified atom stereocenters. The number of aromatic nitrogens is 1. The third-order valence-electron chi connectivity index (χ3n) is 7.17. The second-order valence-corrected chi connectivity index (χ2v) is 9.87. The third-order valence-corrected chi connectivity index (χ3v) is 7.40. The molecule has 35 heavy (non-hydrogen) atoms. The van der Waals surface area contributed by atoms with Crippen LogP contribution in [0, 0.1) is 0 Å². The lowest BCUT2D eigenvalue weighted by atomic mass is 9.91. The fourth-order valence-corrected chi connectivity index (χ4v) is 5.30. The Morgan fingerprint density at radius 1 is 1.09 bits per heavy atom. The summed E-state index contributed by atoms with van der Waals surface area (Å²) in [4.78, 5) is 42.9. The van der Waals surface area contributed by atoms with Gasteiger partial charge in [-0.2, -0.15) is 0 Å². The molecular weight excluding hydrogens is 462 g/mol. The number of carbonyl (C=O) groups excluding carboxylic acids is 3. The Kier molecular flexibility index (Phi) is 6.24. The average molecular weight is 490 g/mol. The first-order valence-electron chi connectivity index (χ1n) is 12.1. The second kappa shape index (κ2) is 9.34. The zero-order valence-corrected chi connectivity index (χ0v) is 20.5. The molecule has 2 amide bonds. The zero-order chi connectivity index (χ0) is 24.6. The van der Waals surface area contributed by atoms with E-state index in [4.69, 9.17) is 11.6 Å². The van der Waals surface area contributed by atoms with Crippen LogP contribution in [-0.4, -0.2) is 39.3 Å². The summed E-state index contributed by atoms with van der Waals surface area (Å²) < 4.78 is 1.38. The van der Waals surface area contributed by atoms with E-state index in [1.807, 2.05) is 30.3 Å². The van der Waals surface area contributed by atoms with Gasteiger partial charge in [0.25, 0.3) is 17.7 Å². The molecule has 0 saturated carbocycles. The van der Waals surface area contributed by atoms with Crippen LogP contribution in [0.1, 0.15) is 59.9 Å². The maximum absolute atomic E-state index is 14.0. The Morgan fingerprint density at radius 2 is 1.89 bits per heavy atom. The minimum Gasteiger partial charge on any atom is -0.350 e. The van der Waals surface area contributed by atoms with E-state index in [-0.39, 0.29) is 18.1 Å². The predicted octanol–water partition coefficient (Wildman–Crippen LogP) is 5.36. The van der Waals surface area contributed by atoms with E-state index in [9.17, 15) is 14.4 Å². The van der Waals surface area contributed by atoms with Gasteiger partial charge in [0, 0.05) is 23.5 Å². The molecule has 180 valence electrons. The van der Waals surface area contributed by atoms with Crippen molar-refractivity contribution < 1.29 is 14.4 Å².